The van der Waals surface area contributed by atoms with Gasteiger partial charge in [-0.25, -0.2) is 0 Å². The van der Waals surface area contributed by atoms with Crippen molar-refractivity contribution >= 4 is 33.2 Å². The molecule has 0 aliphatic rings. The summed E-state index contributed by atoms with van der Waals surface area (Å²) in [5, 5.41) is 8.58. The molecule has 1 heterocycles. The molecule has 0 radical (unpaired) electrons. The van der Waals surface area contributed by atoms with Crippen molar-refractivity contribution in [3.63, 3.8) is 0 Å². The van der Waals surface area contributed by atoms with E-state index in [0.717, 1.165) is 17.0 Å². The Hall–Kier alpha value is -0.590. The highest BCUT2D eigenvalue weighted by Gasteiger charge is 2.16. The minimum absolute atomic E-state index is 0.205. The average Bonchev–Trinajstić information content (AvgIpc) is 2.75. The summed E-state index contributed by atoms with van der Waals surface area (Å²) in [6.07, 6.45) is 0. The Morgan fingerprint density at radius 2 is 2.22 bits per heavy atom. The minimum Gasteiger partial charge on any atom is -0.377 e. The Morgan fingerprint density at radius 1 is 1.50 bits per heavy atom. The molecule has 0 spiro atoms. The summed E-state index contributed by atoms with van der Waals surface area (Å²) in [4.78, 5) is 5.44. The van der Waals surface area contributed by atoms with Crippen LogP contribution in [0.4, 0.5) is 0 Å². The van der Waals surface area contributed by atoms with Crippen LogP contribution in [0.1, 0.15) is 18.7 Å². The highest BCUT2D eigenvalue weighted by molar-refractivity contribution is 9.10. The lowest BCUT2D eigenvalue weighted by Crippen LogP contribution is -2.44. The first-order chi connectivity index (χ1) is 8.46. The van der Waals surface area contributed by atoms with Crippen molar-refractivity contribution in [1.29, 1.82) is 0 Å². The largest absolute Gasteiger partial charge is 0.377 e. The molecule has 0 amide bonds. The van der Waals surface area contributed by atoms with E-state index in [1.807, 2.05) is 13.8 Å². The van der Waals surface area contributed by atoms with E-state index in [-0.39, 0.29) is 5.60 Å². The molecule has 0 unspecified atom stereocenters. The van der Waals surface area contributed by atoms with Gasteiger partial charge in [0.2, 0.25) is 0 Å². The molecule has 1 rings (SSSR count). The van der Waals surface area contributed by atoms with Gasteiger partial charge >= 0.3 is 0 Å². The van der Waals surface area contributed by atoms with E-state index < -0.39 is 0 Å². The van der Waals surface area contributed by atoms with Gasteiger partial charge in [-0.2, -0.15) is 0 Å². The Balaban J connectivity index is 2.39. The van der Waals surface area contributed by atoms with Crippen LogP contribution in [0.3, 0.4) is 0 Å². The topological polar surface area (TPSA) is 45.7 Å². The second-order valence-corrected chi connectivity index (χ2v) is 6.39. The number of hydrogen-bond acceptors (Lipinski definition) is 3. The highest BCUT2D eigenvalue weighted by Crippen LogP contribution is 2.19. The molecule has 102 valence electrons. The fourth-order valence-corrected chi connectivity index (χ4v) is 2.60. The molecule has 0 aliphatic carbocycles. The number of ether oxygens (including phenoxy) is 1. The normalized spacial score (nSPS) is 12.6. The smallest absolute Gasteiger partial charge is 0.191 e. The average molecular weight is 334 g/mol. The third kappa shape index (κ3) is 5.37. The van der Waals surface area contributed by atoms with Crippen LogP contribution >= 0.6 is 27.3 Å². The van der Waals surface area contributed by atoms with E-state index in [9.17, 15) is 0 Å². The summed E-state index contributed by atoms with van der Waals surface area (Å²) in [6.45, 7) is 5.54. The number of nitrogens with zero attached hydrogens (tertiary/aromatic N) is 1. The third-order valence-electron chi connectivity index (χ3n) is 2.51. The van der Waals surface area contributed by atoms with Crippen molar-refractivity contribution in [2.45, 2.75) is 26.0 Å². The van der Waals surface area contributed by atoms with Crippen LogP contribution < -0.4 is 10.6 Å². The summed E-state index contributed by atoms with van der Waals surface area (Å²) in [5.41, 5.74) is -0.205. The first kappa shape index (κ1) is 15.5. The van der Waals surface area contributed by atoms with Crippen molar-refractivity contribution < 1.29 is 4.74 Å². The van der Waals surface area contributed by atoms with E-state index in [4.69, 9.17) is 4.74 Å². The van der Waals surface area contributed by atoms with Crippen molar-refractivity contribution in [1.82, 2.24) is 10.6 Å². The number of methoxy groups -OCH3 is 1. The first-order valence-electron chi connectivity index (χ1n) is 5.69. The lowest BCUT2D eigenvalue weighted by Gasteiger charge is -2.24. The Labute approximate surface area is 121 Å². The van der Waals surface area contributed by atoms with Gasteiger partial charge in [-0.1, -0.05) is 0 Å². The fraction of sp³-hybridized carbons (Fsp3) is 0.583. The summed E-state index contributed by atoms with van der Waals surface area (Å²) in [5.74, 6) is 0.782. The molecule has 0 aromatic carbocycles. The van der Waals surface area contributed by atoms with Gasteiger partial charge in [-0.05, 0) is 35.8 Å². The van der Waals surface area contributed by atoms with E-state index in [2.05, 4.69) is 43.0 Å². The van der Waals surface area contributed by atoms with Gasteiger partial charge in [0.25, 0.3) is 0 Å². The summed E-state index contributed by atoms with van der Waals surface area (Å²) < 4.78 is 6.47. The predicted molar refractivity (Wildman–Crippen MR) is 81.3 cm³/mol. The van der Waals surface area contributed by atoms with Crippen molar-refractivity contribution in [3.05, 3.63) is 20.8 Å². The zero-order valence-corrected chi connectivity index (χ0v) is 13.6. The molecule has 1 aromatic rings. The number of guanidine groups is 1. The molecular formula is C12H20BrN3OS. The number of aliphatic imine (C=N–C) groups is 1. The molecule has 4 nitrogen and oxygen atoms in total. The van der Waals surface area contributed by atoms with Crippen LogP contribution in [-0.2, 0) is 11.3 Å². The molecule has 0 bridgehead atoms. The van der Waals surface area contributed by atoms with Crippen molar-refractivity contribution in [2.24, 2.45) is 4.99 Å². The van der Waals surface area contributed by atoms with Gasteiger partial charge in [0.1, 0.15) is 0 Å². The van der Waals surface area contributed by atoms with Gasteiger partial charge in [0, 0.05) is 35.4 Å². The van der Waals surface area contributed by atoms with Crippen molar-refractivity contribution in [2.75, 3.05) is 20.7 Å². The lowest BCUT2D eigenvalue weighted by molar-refractivity contribution is 0.0268. The predicted octanol–water partition coefficient (Wildman–Crippen LogP) is 2.60. The van der Waals surface area contributed by atoms with Crippen LogP contribution in [0.5, 0.6) is 0 Å². The summed E-state index contributed by atoms with van der Waals surface area (Å²) >= 11 is 5.16. The maximum absolute atomic E-state index is 5.35. The molecular weight excluding hydrogens is 314 g/mol. The van der Waals surface area contributed by atoms with Gasteiger partial charge < -0.3 is 15.4 Å². The number of rotatable bonds is 5. The number of halogens is 1. The number of nitrogens with one attached hydrogen (secondary N) is 2. The maximum atomic E-state index is 5.35. The zero-order chi connectivity index (χ0) is 13.6. The fourth-order valence-electron chi connectivity index (χ4n) is 1.21. The van der Waals surface area contributed by atoms with E-state index in [1.165, 1.54) is 4.88 Å². The van der Waals surface area contributed by atoms with Gasteiger partial charge in [0.05, 0.1) is 12.1 Å². The van der Waals surface area contributed by atoms with E-state index >= 15 is 0 Å². The quantitative estimate of drug-likeness (QED) is 0.643. The first-order valence-corrected chi connectivity index (χ1v) is 7.36. The maximum Gasteiger partial charge on any atom is 0.191 e. The van der Waals surface area contributed by atoms with Crippen LogP contribution in [0, 0.1) is 0 Å². The summed E-state index contributed by atoms with van der Waals surface area (Å²) in [7, 11) is 3.47. The molecule has 0 saturated heterocycles. The Bertz CT molecular complexity index is 404. The van der Waals surface area contributed by atoms with Crippen LogP contribution in [0.2, 0.25) is 0 Å². The standard InChI is InChI=1S/C12H20BrN3OS/c1-12(2,17-4)8-16-11(14-3)15-6-10-5-9(13)7-18-10/h5,7H,6,8H2,1-4H3,(H2,14,15,16). The van der Waals surface area contributed by atoms with Crippen molar-refractivity contribution in [3.8, 4) is 0 Å². The highest BCUT2D eigenvalue weighted by atomic mass is 79.9. The van der Waals surface area contributed by atoms with Crippen LogP contribution in [-0.4, -0.2) is 32.3 Å². The molecule has 1 aromatic heterocycles. The van der Waals surface area contributed by atoms with Crippen LogP contribution in [0.15, 0.2) is 20.9 Å². The van der Waals surface area contributed by atoms with E-state index in [0.29, 0.717) is 6.54 Å². The zero-order valence-electron chi connectivity index (χ0n) is 11.2. The van der Waals surface area contributed by atoms with Gasteiger partial charge in [0.15, 0.2) is 5.96 Å². The Morgan fingerprint density at radius 3 is 2.72 bits per heavy atom. The number of hydrogen-bond donors (Lipinski definition) is 2. The van der Waals surface area contributed by atoms with E-state index in [1.54, 1.807) is 25.5 Å². The molecule has 0 fully saturated rings. The lowest BCUT2D eigenvalue weighted by atomic mass is 10.1. The molecule has 0 atom stereocenters. The second-order valence-electron chi connectivity index (χ2n) is 4.47. The van der Waals surface area contributed by atoms with Gasteiger partial charge in [-0.15, -0.1) is 11.3 Å². The third-order valence-corrected chi connectivity index (χ3v) is 4.21. The number of thiophene rings is 1. The SMILES string of the molecule is CN=C(NCc1cc(Br)cs1)NCC(C)(C)OC. The van der Waals surface area contributed by atoms with Crippen LogP contribution in [0.25, 0.3) is 0 Å². The molecule has 0 saturated carbocycles. The molecule has 0 aliphatic heterocycles. The monoisotopic (exact) mass is 333 g/mol. The molecule has 2 N–H and O–H groups in total. The minimum atomic E-state index is -0.205. The summed E-state index contributed by atoms with van der Waals surface area (Å²) in [6, 6.07) is 2.10. The molecule has 6 heteroatoms. The van der Waals surface area contributed by atoms with Gasteiger partial charge in [-0.3, -0.25) is 4.99 Å². The second kappa shape index (κ2) is 7.11. The molecule has 18 heavy (non-hydrogen) atoms. The Kier molecular flexibility index (Phi) is 6.11.